The minimum absolute atomic E-state index is 0.0798. The number of allylic oxidation sites excluding steroid dienone is 3. The van der Waals surface area contributed by atoms with Crippen LogP contribution in [0.3, 0.4) is 0 Å². The van der Waals surface area contributed by atoms with Gasteiger partial charge in [-0.3, -0.25) is 9.59 Å². The SMILES string of the molecule is CC1=C(C(=O)Nc2ccc(F)cc2F)[C@H](c2ccc(F)cc2)C2=C(CCCC2=O)N1. The molecule has 2 aromatic carbocycles. The van der Waals surface area contributed by atoms with Crippen LogP contribution in [0.2, 0.25) is 0 Å². The van der Waals surface area contributed by atoms with E-state index in [9.17, 15) is 22.8 Å². The molecule has 0 bridgehead atoms. The van der Waals surface area contributed by atoms with Crippen molar-refractivity contribution in [2.24, 2.45) is 0 Å². The Hall–Kier alpha value is -3.35. The third kappa shape index (κ3) is 3.63. The summed E-state index contributed by atoms with van der Waals surface area (Å²) in [6.07, 6.45) is 1.73. The third-order valence-corrected chi connectivity index (χ3v) is 5.40. The van der Waals surface area contributed by atoms with E-state index in [2.05, 4.69) is 10.6 Å². The minimum atomic E-state index is -0.905. The molecule has 0 saturated carbocycles. The van der Waals surface area contributed by atoms with Crippen molar-refractivity contribution in [2.75, 3.05) is 5.32 Å². The highest BCUT2D eigenvalue weighted by Gasteiger charge is 2.38. The van der Waals surface area contributed by atoms with Gasteiger partial charge in [0.15, 0.2) is 5.78 Å². The summed E-state index contributed by atoms with van der Waals surface area (Å²) in [5, 5.41) is 5.62. The van der Waals surface area contributed by atoms with Crippen molar-refractivity contribution in [2.45, 2.75) is 32.1 Å². The quantitative estimate of drug-likeness (QED) is 0.768. The van der Waals surface area contributed by atoms with E-state index >= 15 is 0 Å². The van der Waals surface area contributed by atoms with Crippen molar-refractivity contribution < 1.29 is 22.8 Å². The van der Waals surface area contributed by atoms with Crippen LogP contribution >= 0.6 is 0 Å². The van der Waals surface area contributed by atoms with E-state index in [1.54, 1.807) is 6.92 Å². The van der Waals surface area contributed by atoms with Crippen LogP contribution < -0.4 is 10.6 Å². The zero-order valence-electron chi connectivity index (χ0n) is 16.2. The van der Waals surface area contributed by atoms with Crippen LogP contribution in [0.4, 0.5) is 18.9 Å². The fourth-order valence-corrected chi connectivity index (χ4v) is 4.05. The number of benzene rings is 2. The Balaban J connectivity index is 1.78. The van der Waals surface area contributed by atoms with Gasteiger partial charge in [-0.25, -0.2) is 13.2 Å². The molecule has 0 saturated heterocycles. The molecule has 30 heavy (non-hydrogen) atoms. The Morgan fingerprint density at radius 2 is 1.73 bits per heavy atom. The lowest BCUT2D eigenvalue weighted by Gasteiger charge is -2.34. The van der Waals surface area contributed by atoms with Gasteiger partial charge < -0.3 is 10.6 Å². The van der Waals surface area contributed by atoms with Crippen LogP contribution in [0.15, 0.2) is 65.0 Å². The van der Waals surface area contributed by atoms with Crippen LogP contribution in [0.25, 0.3) is 0 Å². The van der Waals surface area contributed by atoms with Gasteiger partial charge in [-0.2, -0.15) is 0 Å². The molecule has 0 spiro atoms. The molecule has 1 aliphatic heterocycles. The van der Waals surface area contributed by atoms with Gasteiger partial charge in [0.25, 0.3) is 5.91 Å². The second-order valence-corrected chi connectivity index (χ2v) is 7.40. The molecule has 7 heteroatoms. The third-order valence-electron chi connectivity index (χ3n) is 5.40. The number of rotatable bonds is 3. The monoisotopic (exact) mass is 412 g/mol. The molecule has 0 radical (unpaired) electrons. The van der Waals surface area contributed by atoms with Gasteiger partial charge in [-0.05, 0) is 49.6 Å². The Kier molecular flexibility index (Phi) is 5.20. The highest BCUT2D eigenvalue weighted by atomic mass is 19.1. The van der Waals surface area contributed by atoms with Gasteiger partial charge in [0.2, 0.25) is 0 Å². The lowest BCUT2D eigenvalue weighted by atomic mass is 9.75. The first-order valence-corrected chi connectivity index (χ1v) is 9.61. The zero-order valence-corrected chi connectivity index (χ0v) is 16.2. The highest BCUT2D eigenvalue weighted by molar-refractivity contribution is 6.09. The smallest absolute Gasteiger partial charge is 0.254 e. The minimum Gasteiger partial charge on any atom is -0.362 e. The van der Waals surface area contributed by atoms with E-state index in [4.69, 9.17) is 0 Å². The van der Waals surface area contributed by atoms with E-state index in [0.29, 0.717) is 42.2 Å². The number of hydrogen-bond acceptors (Lipinski definition) is 3. The predicted octanol–water partition coefficient (Wildman–Crippen LogP) is 4.71. The maximum atomic E-state index is 14.1. The van der Waals surface area contributed by atoms with Gasteiger partial charge in [-0.15, -0.1) is 0 Å². The van der Waals surface area contributed by atoms with E-state index in [-0.39, 0.29) is 17.0 Å². The van der Waals surface area contributed by atoms with E-state index in [0.717, 1.165) is 17.8 Å². The summed E-state index contributed by atoms with van der Waals surface area (Å²) in [5.74, 6) is -3.51. The molecule has 1 aliphatic carbocycles. The zero-order chi connectivity index (χ0) is 21.4. The number of ketones is 1. The molecule has 1 amide bonds. The van der Waals surface area contributed by atoms with Gasteiger partial charge >= 0.3 is 0 Å². The first-order valence-electron chi connectivity index (χ1n) is 9.61. The van der Waals surface area contributed by atoms with E-state index < -0.39 is 29.3 Å². The highest BCUT2D eigenvalue weighted by Crippen LogP contribution is 2.42. The molecule has 2 aromatic rings. The van der Waals surface area contributed by atoms with Crippen LogP contribution in [-0.2, 0) is 9.59 Å². The summed E-state index contributed by atoms with van der Waals surface area (Å²) >= 11 is 0. The molecule has 0 aromatic heterocycles. The van der Waals surface area contributed by atoms with Crippen LogP contribution in [0, 0.1) is 17.5 Å². The van der Waals surface area contributed by atoms with Crippen LogP contribution in [0.1, 0.15) is 37.7 Å². The van der Waals surface area contributed by atoms with Gasteiger partial charge in [0, 0.05) is 40.9 Å². The largest absolute Gasteiger partial charge is 0.362 e. The van der Waals surface area contributed by atoms with Crippen LogP contribution in [-0.4, -0.2) is 11.7 Å². The summed E-state index contributed by atoms with van der Waals surface area (Å²) in [7, 11) is 0. The molecule has 154 valence electrons. The Morgan fingerprint density at radius 3 is 2.43 bits per heavy atom. The fraction of sp³-hybridized carbons (Fsp3) is 0.217. The lowest BCUT2D eigenvalue weighted by Crippen LogP contribution is -2.35. The van der Waals surface area contributed by atoms with E-state index in [1.807, 2.05) is 0 Å². The molecular formula is C23H19F3N2O2. The number of anilines is 1. The number of Topliss-reactive ketones (excluding diaryl/α,β-unsaturated/α-hetero) is 1. The maximum Gasteiger partial charge on any atom is 0.254 e. The first kappa shape index (κ1) is 19.9. The number of dihydropyridines is 1. The average molecular weight is 412 g/mol. The number of halogens is 3. The molecule has 0 fully saturated rings. The summed E-state index contributed by atoms with van der Waals surface area (Å²) in [6, 6.07) is 8.48. The molecular weight excluding hydrogens is 393 g/mol. The van der Waals surface area contributed by atoms with Gasteiger partial charge in [0.1, 0.15) is 17.5 Å². The number of nitrogens with one attached hydrogen (secondary N) is 2. The topological polar surface area (TPSA) is 58.2 Å². The number of amides is 1. The molecule has 2 aliphatic rings. The normalized spacial score (nSPS) is 18.8. The van der Waals surface area contributed by atoms with Crippen molar-refractivity contribution in [3.05, 3.63) is 88.0 Å². The summed E-state index contributed by atoms with van der Waals surface area (Å²) < 4.78 is 40.8. The molecule has 1 atom stereocenters. The fourth-order valence-electron chi connectivity index (χ4n) is 4.05. The number of carbonyl (C=O) groups is 2. The molecule has 1 heterocycles. The number of hydrogen-bond donors (Lipinski definition) is 2. The second kappa shape index (κ2) is 7.82. The van der Waals surface area contributed by atoms with Crippen molar-refractivity contribution >= 4 is 17.4 Å². The number of carbonyl (C=O) groups excluding carboxylic acids is 2. The molecule has 4 nitrogen and oxygen atoms in total. The first-order chi connectivity index (χ1) is 14.3. The van der Waals surface area contributed by atoms with Gasteiger partial charge in [-0.1, -0.05) is 12.1 Å². The predicted molar refractivity (Wildman–Crippen MR) is 106 cm³/mol. The van der Waals surface area contributed by atoms with Crippen LogP contribution in [0.5, 0.6) is 0 Å². The standard InChI is InChI=1S/C23H19F3N2O2/c1-12-20(23(30)28-17-10-9-15(25)11-16(17)26)21(13-5-7-14(24)8-6-13)22-18(27-12)3-2-4-19(22)29/h5-11,21,27H,2-4H2,1H3,(H,28,30)/t21-/m0/s1. The molecule has 0 unspecified atom stereocenters. The Bertz CT molecular complexity index is 1100. The summed E-state index contributed by atoms with van der Waals surface area (Å²) in [4.78, 5) is 25.9. The Morgan fingerprint density at radius 1 is 1.03 bits per heavy atom. The summed E-state index contributed by atoms with van der Waals surface area (Å²) in [6.45, 7) is 1.70. The van der Waals surface area contributed by atoms with Crippen molar-refractivity contribution in [1.29, 1.82) is 0 Å². The van der Waals surface area contributed by atoms with Gasteiger partial charge in [0.05, 0.1) is 5.69 Å². The summed E-state index contributed by atoms with van der Waals surface area (Å²) in [5.41, 5.74) is 2.40. The van der Waals surface area contributed by atoms with E-state index in [1.165, 1.54) is 24.3 Å². The second-order valence-electron chi connectivity index (χ2n) is 7.40. The Labute approximate surface area is 171 Å². The van der Waals surface area contributed by atoms with Crippen molar-refractivity contribution in [1.82, 2.24) is 5.32 Å². The lowest BCUT2D eigenvalue weighted by molar-refractivity contribution is -0.116. The van der Waals surface area contributed by atoms with Crippen molar-refractivity contribution in [3.63, 3.8) is 0 Å². The molecule has 2 N–H and O–H groups in total. The molecule has 4 rings (SSSR count). The van der Waals surface area contributed by atoms with Crippen molar-refractivity contribution in [3.8, 4) is 0 Å². The average Bonchev–Trinajstić information content (AvgIpc) is 2.70. The maximum absolute atomic E-state index is 14.1.